The molecule has 18 heavy (non-hydrogen) atoms. The molecule has 1 unspecified atom stereocenters. The van der Waals surface area contributed by atoms with E-state index in [0.717, 1.165) is 17.6 Å². The SMILES string of the molecule is C=C1CCC(C(=O)C=O)N(Cc2ccccc2)C1. The normalized spacial score (nSPS) is 20.7. The van der Waals surface area contributed by atoms with E-state index in [4.69, 9.17) is 0 Å². The summed E-state index contributed by atoms with van der Waals surface area (Å²) in [4.78, 5) is 24.4. The third kappa shape index (κ3) is 2.93. The summed E-state index contributed by atoms with van der Waals surface area (Å²) in [6.07, 6.45) is 1.97. The van der Waals surface area contributed by atoms with Crippen LogP contribution in [-0.4, -0.2) is 29.6 Å². The van der Waals surface area contributed by atoms with Crippen LogP contribution in [0.15, 0.2) is 42.5 Å². The van der Waals surface area contributed by atoms with Crippen molar-refractivity contribution in [1.29, 1.82) is 0 Å². The highest BCUT2D eigenvalue weighted by molar-refractivity contribution is 6.27. The van der Waals surface area contributed by atoms with Crippen molar-refractivity contribution in [2.75, 3.05) is 6.54 Å². The fraction of sp³-hybridized carbons (Fsp3) is 0.333. The van der Waals surface area contributed by atoms with Gasteiger partial charge in [0, 0.05) is 13.1 Å². The first-order chi connectivity index (χ1) is 8.70. The second-order valence-electron chi connectivity index (χ2n) is 4.72. The fourth-order valence-electron chi connectivity index (χ4n) is 2.38. The summed E-state index contributed by atoms with van der Waals surface area (Å²) in [5, 5.41) is 0. The molecule has 0 amide bonds. The van der Waals surface area contributed by atoms with Gasteiger partial charge in [-0.3, -0.25) is 14.5 Å². The van der Waals surface area contributed by atoms with E-state index in [9.17, 15) is 9.59 Å². The van der Waals surface area contributed by atoms with E-state index in [1.807, 2.05) is 35.2 Å². The molecule has 1 fully saturated rings. The number of nitrogens with zero attached hydrogens (tertiary/aromatic N) is 1. The molecule has 0 bridgehead atoms. The number of aldehydes is 1. The van der Waals surface area contributed by atoms with Gasteiger partial charge in [0.05, 0.1) is 6.04 Å². The minimum atomic E-state index is -0.321. The summed E-state index contributed by atoms with van der Waals surface area (Å²) in [6, 6.07) is 9.69. The highest BCUT2D eigenvalue weighted by atomic mass is 16.2. The quantitative estimate of drug-likeness (QED) is 0.461. The maximum Gasteiger partial charge on any atom is 0.212 e. The minimum Gasteiger partial charge on any atom is -0.295 e. The summed E-state index contributed by atoms with van der Waals surface area (Å²) in [7, 11) is 0. The van der Waals surface area contributed by atoms with Crippen molar-refractivity contribution in [2.45, 2.75) is 25.4 Å². The Morgan fingerprint density at radius 1 is 1.39 bits per heavy atom. The number of carbonyl (C=O) groups excluding carboxylic acids is 2. The van der Waals surface area contributed by atoms with Crippen LogP contribution in [0.5, 0.6) is 0 Å². The predicted octanol–water partition coefficient (Wildman–Crippen LogP) is 1.98. The molecule has 1 atom stereocenters. The predicted molar refractivity (Wildman–Crippen MR) is 70.1 cm³/mol. The maximum absolute atomic E-state index is 11.6. The summed E-state index contributed by atoms with van der Waals surface area (Å²) < 4.78 is 0. The number of ketones is 1. The topological polar surface area (TPSA) is 37.4 Å². The van der Waals surface area contributed by atoms with E-state index < -0.39 is 0 Å². The molecule has 1 aliphatic heterocycles. The molecule has 0 spiro atoms. The first-order valence-electron chi connectivity index (χ1n) is 6.14. The van der Waals surface area contributed by atoms with E-state index in [2.05, 4.69) is 6.58 Å². The molecule has 1 saturated heterocycles. The van der Waals surface area contributed by atoms with Crippen LogP contribution in [0, 0.1) is 0 Å². The second kappa shape index (κ2) is 5.74. The number of likely N-dealkylation sites (tertiary alicyclic amines) is 1. The number of piperidine rings is 1. The largest absolute Gasteiger partial charge is 0.295 e. The van der Waals surface area contributed by atoms with Gasteiger partial charge < -0.3 is 0 Å². The average molecular weight is 243 g/mol. The van der Waals surface area contributed by atoms with Crippen molar-refractivity contribution in [1.82, 2.24) is 4.90 Å². The Kier molecular flexibility index (Phi) is 4.05. The van der Waals surface area contributed by atoms with Gasteiger partial charge in [0.1, 0.15) is 0 Å². The minimum absolute atomic E-state index is 0.284. The first-order valence-corrected chi connectivity index (χ1v) is 6.14. The molecule has 1 heterocycles. The molecule has 0 radical (unpaired) electrons. The lowest BCUT2D eigenvalue weighted by atomic mass is 9.95. The lowest BCUT2D eigenvalue weighted by Crippen LogP contribution is -2.45. The Labute approximate surface area is 107 Å². The van der Waals surface area contributed by atoms with Crippen molar-refractivity contribution in [3.63, 3.8) is 0 Å². The smallest absolute Gasteiger partial charge is 0.212 e. The first kappa shape index (κ1) is 12.7. The van der Waals surface area contributed by atoms with Gasteiger partial charge in [-0.1, -0.05) is 42.5 Å². The molecule has 0 N–H and O–H groups in total. The van der Waals surface area contributed by atoms with Crippen LogP contribution in [0.2, 0.25) is 0 Å². The zero-order valence-corrected chi connectivity index (χ0v) is 10.3. The van der Waals surface area contributed by atoms with Gasteiger partial charge in [-0.25, -0.2) is 0 Å². The molecule has 3 heteroatoms. The van der Waals surface area contributed by atoms with Crippen molar-refractivity contribution in [2.24, 2.45) is 0 Å². The van der Waals surface area contributed by atoms with Gasteiger partial charge in [0.2, 0.25) is 5.78 Å². The van der Waals surface area contributed by atoms with Crippen LogP contribution in [0.4, 0.5) is 0 Å². The number of hydrogen-bond acceptors (Lipinski definition) is 3. The molecular formula is C15H17NO2. The molecule has 2 rings (SSSR count). The maximum atomic E-state index is 11.6. The summed E-state index contributed by atoms with van der Waals surface area (Å²) in [5.41, 5.74) is 2.27. The van der Waals surface area contributed by atoms with Crippen LogP contribution < -0.4 is 0 Å². The molecule has 1 aromatic rings. The van der Waals surface area contributed by atoms with Crippen molar-refractivity contribution in [3.05, 3.63) is 48.0 Å². The van der Waals surface area contributed by atoms with Gasteiger partial charge in [0.25, 0.3) is 0 Å². The second-order valence-corrected chi connectivity index (χ2v) is 4.72. The number of hydrogen-bond donors (Lipinski definition) is 0. The zero-order valence-electron chi connectivity index (χ0n) is 10.3. The lowest BCUT2D eigenvalue weighted by Gasteiger charge is -2.34. The monoisotopic (exact) mass is 243 g/mol. The molecule has 94 valence electrons. The standard InChI is InChI=1S/C15H17NO2/c1-12-7-8-14(15(18)11-17)16(9-12)10-13-5-3-2-4-6-13/h2-6,11,14H,1,7-10H2. The number of rotatable bonds is 4. The van der Waals surface area contributed by atoms with E-state index in [1.165, 1.54) is 0 Å². The summed E-state index contributed by atoms with van der Waals surface area (Å²) in [5.74, 6) is -0.321. The van der Waals surface area contributed by atoms with Crippen molar-refractivity contribution < 1.29 is 9.59 Å². The van der Waals surface area contributed by atoms with Gasteiger partial charge in [-0.15, -0.1) is 0 Å². The zero-order chi connectivity index (χ0) is 13.0. The summed E-state index contributed by atoms with van der Waals surface area (Å²) in [6.45, 7) is 5.36. The van der Waals surface area contributed by atoms with Gasteiger partial charge in [-0.05, 0) is 18.4 Å². The third-order valence-corrected chi connectivity index (χ3v) is 3.31. The Balaban J connectivity index is 2.13. The van der Waals surface area contributed by atoms with Crippen molar-refractivity contribution >= 4 is 12.1 Å². The number of benzene rings is 1. The number of Topliss-reactive ketones (excluding diaryl/α,β-unsaturated/α-hetero) is 1. The Morgan fingerprint density at radius 2 is 2.11 bits per heavy atom. The summed E-state index contributed by atoms with van der Waals surface area (Å²) >= 11 is 0. The lowest BCUT2D eigenvalue weighted by molar-refractivity contribution is -0.134. The molecule has 0 aromatic heterocycles. The molecular weight excluding hydrogens is 226 g/mol. The van der Waals surface area contributed by atoms with Crippen LogP contribution in [-0.2, 0) is 16.1 Å². The Hall–Kier alpha value is -1.74. The van der Waals surface area contributed by atoms with Crippen LogP contribution in [0.25, 0.3) is 0 Å². The number of carbonyl (C=O) groups is 2. The van der Waals surface area contributed by atoms with Gasteiger partial charge in [0.15, 0.2) is 6.29 Å². The molecule has 1 aromatic carbocycles. The van der Waals surface area contributed by atoms with Crippen LogP contribution >= 0.6 is 0 Å². The fourth-order valence-corrected chi connectivity index (χ4v) is 2.38. The average Bonchev–Trinajstić information content (AvgIpc) is 2.39. The van der Waals surface area contributed by atoms with E-state index in [-0.39, 0.29) is 11.8 Å². The van der Waals surface area contributed by atoms with Crippen LogP contribution in [0.3, 0.4) is 0 Å². The Morgan fingerprint density at radius 3 is 2.78 bits per heavy atom. The van der Waals surface area contributed by atoms with E-state index >= 15 is 0 Å². The molecule has 0 saturated carbocycles. The third-order valence-electron chi connectivity index (χ3n) is 3.31. The Bertz CT molecular complexity index is 453. The highest BCUT2D eigenvalue weighted by Crippen LogP contribution is 2.22. The van der Waals surface area contributed by atoms with Gasteiger partial charge in [-0.2, -0.15) is 0 Å². The molecule has 0 aliphatic carbocycles. The van der Waals surface area contributed by atoms with E-state index in [1.54, 1.807) is 0 Å². The van der Waals surface area contributed by atoms with Crippen molar-refractivity contribution in [3.8, 4) is 0 Å². The molecule has 1 aliphatic rings. The van der Waals surface area contributed by atoms with E-state index in [0.29, 0.717) is 25.8 Å². The molecule has 3 nitrogen and oxygen atoms in total. The van der Waals surface area contributed by atoms with Crippen LogP contribution in [0.1, 0.15) is 18.4 Å². The van der Waals surface area contributed by atoms with Gasteiger partial charge >= 0.3 is 0 Å². The highest BCUT2D eigenvalue weighted by Gasteiger charge is 2.29.